The van der Waals surface area contributed by atoms with Gasteiger partial charge in [-0.1, -0.05) is 38.3 Å². The Morgan fingerprint density at radius 3 is 2.47 bits per heavy atom. The standard InChI is InChI=1S/C24H35ClF3N5O5/c1-4-12(2)16(30-23(38)24(3,27)28)21(36)32-10-13-6-5-7-15(13)17(32)20(35)31-33(22(37)18(25)26)11-14-8-9-29-19(14)34/h12-18H,4-11H2,1-3H3,(H,29,34)(H,30,38)(H,31,35)/t12-,13+,14+,15+,16+,17+,18+/m1/s1. The summed E-state index contributed by atoms with van der Waals surface area (Å²) in [6.45, 7) is 4.04. The van der Waals surface area contributed by atoms with Crippen molar-refractivity contribution in [2.24, 2.45) is 23.7 Å². The summed E-state index contributed by atoms with van der Waals surface area (Å²) in [7, 11) is 0. The molecule has 1 saturated carbocycles. The van der Waals surface area contributed by atoms with E-state index in [0.717, 1.165) is 12.8 Å². The summed E-state index contributed by atoms with van der Waals surface area (Å²) in [5.41, 5.74) is -0.0999. The van der Waals surface area contributed by atoms with Crippen LogP contribution in [0.15, 0.2) is 0 Å². The largest absolute Gasteiger partial charge is 0.356 e. The van der Waals surface area contributed by atoms with Crippen molar-refractivity contribution in [1.82, 2.24) is 26.0 Å². The van der Waals surface area contributed by atoms with Crippen LogP contribution in [0.1, 0.15) is 52.9 Å². The SMILES string of the molecule is CC[C@@H](C)[C@H](NC(=O)C(C)(F)F)C(=O)N1C[C@@H]2CCC[C@@H]2[C@H]1C(=O)NN(C[C@@H]1CCNC1=O)C(=O)[C@H](F)Cl. The van der Waals surface area contributed by atoms with Crippen LogP contribution in [-0.2, 0) is 24.0 Å². The van der Waals surface area contributed by atoms with Crippen molar-refractivity contribution < 1.29 is 37.1 Å². The van der Waals surface area contributed by atoms with Crippen molar-refractivity contribution >= 4 is 41.1 Å². The lowest BCUT2D eigenvalue weighted by atomic mass is 9.93. The lowest BCUT2D eigenvalue weighted by Gasteiger charge is -2.34. The number of alkyl halides is 4. The van der Waals surface area contributed by atoms with Gasteiger partial charge in [0, 0.05) is 20.0 Å². The predicted molar refractivity (Wildman–Crippen MR) is 130 cm³/mol. The van der Waals surface area contributed by atoms with Crippen molar-refractivity contribution in [3.8, 4) is 0 Å². The zero-order chi connectivity index (χ0) is 28.4. The average molecular weight is 566 g/mol. The van der Waals surface area contributed by atoms with Crippen molar-refractivity contribution in [2.75, 3.05) is 19.6 Å². The number of likely N-dealkylation sites (tertiary alicyclic amines) is 1. The van der Waals surface area contributed by atoms with Crippen LogP contribution in [0.5, 0.6) is 0 Å². The number of hydrazine groups is 1. The van der Waals surface area contributed by atoms with E-state index in [1.807, 2.05) is 0 Å². The highest BCUT2D eigenvalue weighted by Crippen LogP contribution is 2.43. The van der Waals surface area contributed by atoms with Crippen LogP contribution in [0, 0.1) is 23.7 Å². The molecule has 0 bridgehead atoms. The number of carbonyl (C=O) groups excluding carboxylic acids is 5. The predicted octanol–water partition coefficient (Wildman–Crippen LogP) is 1.33. The Morgan fingerprint density at radius 2 is 1.92 bits per heavy atom. The monoisotopic (exact) mass is 565 g/mol. The van der Waals surface area contributed by atoms with E-state index in [1.165, 1.54) is 4.90 Å². The molecule has 3 rings (SSSR count). The second-order valence-electron chi connectivity index (χ2n) is 10.5. The van der Waals surface area contributed by atoms with Gasteiger partial charge in [0.05, 0.1) is 12.5 Å². The van der Waals surface area contributed by atoms with Gasteiger partial charge in [-0.15, -0.1) is 0 Å². The Morgan fingerprint density at radius 1 is 1.24 bits per heavy atom. The molecule has 0 radical (unpaired) electrons. The molecular weight excluding hydrogens is 531 g/mol. The lowest BCUT2D eigenvalue weighted by Crippen LogP contribution is -2.60. The van der Waals surface area contributed by atoms with Gasteiger partial charge in [0.2, 0.25) is 11.8 Å². The fraction of sp³-hybridized carbons (Fsp3) is 0.792. The van der Waals surface area contributed by atoms with E-state index in [1.54, 1.807) is 13.8 Å². The van der Waals surface area contributed by atoms with Crippen molar-refractivity contribution in [2.45, 2.75) is 76.5 Å². The maximum absolute atomic E-state index is 13.8. The first-order chi connectivity index (χ1) is 17.8. The fourth-order valence-electron chi connectivity index (χ4n) is 5.55. The number of hydrogen-bond acceptors (Lipinski definition) is 5. The van der Waals surface area contributed by atoms with Crippen LogP contribution in [0.4, 0.5) is 13.2 Å². The zero-order valence-electron chi connectivity index (χ0n) is 21.6. The number of fused-ring (bicyclic) bond motifs is 1. The first kappa shape index (κ1) is 30.0. The molecule has 3 fully saturated rings. The van der Waals surface area contributed by atoms with E-state index in [4.69, 9.17) is 11.6 Å². The molecular formula is C24H35ClF3N5O5. The van der Waals surface area contributed by atoms with Crippen molar-refractivity contribution in [1.29, 1.82) is 0 Å². The number of nitrogens with zero attached hydrogens (tertiary/aromatic N) is 2. The van der Waals surface area contributed by atoms with Crippen LogP contribution >= 0.6 is 11.6 Å². The van der Waals surface area contributed by atoms with Crippen LogP contribution in [0.25, 0.3) is 0 Å². The molecule has 0 aromatic rings. The summed E-state index contributed by atoms with van der Waals surface area (Å²) in [4.78, 5) is 65.1. The van der Waals surface area contributed by atoms with Gasteiger partial charge < -0.3 is 15.5 Å². The second kappa shape index (κ2) is 12.1. The number of amides is 5. The number of nitrogens with one attached hydrogen (secondary N) is 3. The van der Waals surface area contributed by atoms with Gasteiger partial charge in [0.15, 0.2) is 0 Å². The summed E-state index contributed by atoms with van der Waals surface area (Å²) >= 11 is 5.36. The fourth-order valence-corrected chi connectivity index (χ4v) is 5.66. The number of carbonyl (C=O) groups is 5. The van der Waals surface area contributed by atoms with Crippen LogP contribution in [-0.4, -0.2) is 82.7 Å². The molecule has 3 N–H and O–H groups in total. The molecule has 0 aromatic heterocycles. The molecule has 1 aliphatic carbocycles. The maximum Gasteiger partial charge on any atom is 0.321 e. The molecule has 14 heteroatoms. The second-order valence-corrected chi connectivity index (χ2v) is 10.9. The van der Waals surface area contributed by atoms with Crippen molar-refractivity contribution in [3.05, 3.63) is 0 Å². The average Bonchev–Trinajstić information content (AvgIpc) is 3.56. The summed E-state index contributed by atoms with van der Waals surface area (Å²) < 4.78 is 41.1. The highest BCUT2D eigenvalue weighted by Gasteiger charge is 2.52. The molecule has 10 nitrogen and oxygen atoms in total. The van der Waals surface area contributed by atoms with Gasteiger partial charge in [-0.3, -0.25) is 29.4 Å². The Labute approximate surface area is 224 Å². The molecule has 2 saturated heterocycles. The van der Waals surface area contributed by atoms with E-state index in [9.17, 15) is 37.1 Å². The van der Waals surface area contributed by atoms with E-state index < -0.39 is 59.1 Å². The molecule has 214 valence electrons. The number of rotatable bonds is 9. The first-order valence-corrected chi connectivity index (χ1v) is 13.4. The summed E-state index contributed by atoms with van der Waals surface area (Å²) in [5.74, 6) is -9.87. The zero-order valence-corrected chi connectivity index (χ0v) is 22.4. The van der Waals surface area contributed by atoms with Gasteiger partial charge in [-0.25, -0.2) is 9.40 Å². The normalized spacial score (nSPS) is 27.2. The molecule has 2 aliphatic heterocycles. The minimum Gasteiger partial charge on any atom is -0.356 e. The van der Waals surface area contributed by atoms with Crippen LogP contribution in [0.2, 0.25) is 0 Å². The van der Waals surface area contributed by atoms with Gasteiger partial charge in [-0.05, 0) is 37.0 Å². The summed E-state index contributed by atoms with van der Waals surface area (Å²) in [6.07, 6.45) is 2.93. The molecule has 0 spiro atoms. The summed E-state index contributed by atoms with van der Waals surface area (Å²) in [5, 5.41) is 5.42. The first-order valence-electron chi connectivity index (χ1n) is 12.9. The van der Waals surface area contributed by atoms with Crippen LogP contribution in [0.3, 0.4) is 0 Å². The third kappa shape index (κ3) is 6.52. The molecule has 0 unspecified atom stereocenters. The highest BCUT2D eigenvalue weighted by molar-refractivity contribution is 6.29. The Balaban J connectivity index is 1.86. The van der Waals surface area contributed by atoms with Gasteiger partial charge in [-0.2, -0.15) is 8.78 Å². The van der Waals surface area contributed by atoms with E-state index in [-0.39, 0.29) is 30.8 Å². The van der Waals surface area contributed by atoms with E-state index in [2.05, 4.69) is 16.1 Å². The quantitative estimate of drug-likeness (QED) is 0.287. The maximum atomic E-state index is 13.8. The molecule has 5 amide bonds. The minimum atomic E-state index is -3.71. The lowest BCUT2D eigenvalue weighted by molar-refractivity contribution is -0.152. The van der Waals surface area contributed by atoms with Gasteiger partial charge in [0.1, 0.15) is 12.1 Å². The van der Waals surface area contributed by atoms with Crippen molar-refractivity contribution in [3.63, 3.8) is 0 Å². The van der Waals surface area contributed by atoms with Crippen LogP contribution < -0.4 is 16.1 Å². The topological polar surface area (TPSA) is 128 Å². The third-order valence-electron chi connectivity index (χ3n) is 7.87. The molecule has 7 atom stereocenters. The smallest absolute Gasteiger partial charge is 0.321 e. The van der Waals surface area contributed by atoms with E-state index in [0.29, 0.717) is 37.7 Å². The molecule has 3 aliphatic rings. The number of halogens is 4. The van der Waals surface area contributed by atoms with Gasteiger partial charge in [0.25, 0.3) is 23.4 Å². The van der Waals surface area contributed by atoms with E-state index >= 15 is 0 Å². The molecule has 38 heavy (non-hydrogen) atoms. The Kier molecular flexibility index (Phi) is 9.53. The molecule has 0 aromatic carbocycles. The molecule has 2 heterocycles. The Bertz CT molecular complexity index is 949. The van der Waals surface area contributed by atoms with Gasteiger partial charge >= 0.3 is 5.92 Å². The number of hydrogen-bond donors (Lipinski definition) is 3. The third-order valence-corrected chi connectivity index (χ3v) is 8.06. The Hall–Kier alpha value is -2.57. The minimum absolute atomic E-state index is 0.0395. The summed E-state index contributed by atoms with van der Waals surface area (Å²) in [6, 6.07) is -2.38. The highest BCUT2D eigenvalue weighted by atomic mass is 35.5.